The number of quaternary nitrogens is 1. The maximum Gasteiger partial charge on any atom is 0.116 e. The van der Waals surface area contributed by atoms with Gasteiger partial charge in [-0.1, -0.05) is 20.8 Å². The van der Waals surface area contributed by atoms with E-state index in [4.69, 9.17) is 0 Å². The van der Waals surface area contributed by atoms with Gasteiger partial charge in [0.1, 0.15) is 12.6 Å². The molecule has 0 aromatic rings. The van der Waals surface area contributed by atoms with Crippen LogP contribution in [0.1, 0.15) is 40.0 Å². The molecule has 0 spiro atoms. The van der Waals surface area contributed by atoms with Gasteiger partial charge in [0.2, 0.25) is 0 Å². The molecule has 0 aromatic carbocycles. The highest BCUT2D eigenvalue weighted by molar-refractivity contribution is 7.85. The summed E-state index contributed by atoms with van der Waals surface area (Å²) in [6.07, 6.45) is 1.89. The van der Waals surface area contributed by atoms with E-state index in [2.05, 4.69) is 20.8 Å². The highest BCUT2D eigenvalue weighted by Crippen LogP contribution is 2.13. The van der Waals surface area contributed by atoms with Gasteiger partial charge in [0.25, 0.3) is 0 Å². The number of nitrogens with zero attached hydrogens (tertiary/aromatic N) is 1. The number of aliphatic hydroxyl groups is 1. The molecular weight excluding hydrogens is 254 g/mol. The van der Waals surface area contributed by atoms with E-state index in [1.54, 1.807) is 0 Å². The van der Waals surface area contributed by atoms with Crippen molar-refractivity contribution in [2.75, 3.05) is 31.9 Å². The average Bonchev–Trinajstić information content (AvgIpc) is 2.15. The lowest BCUT2D eigenvalue weighted by atomic mass is 10.2. The first-order chi connectivity index (χ1) is 8.28. The predicted molar refractivity (Wildman–Crippen MR) is 71.2 cm³/mol. The standard InChI is InChI=1S/C12H27NO4S/c1-4-7-13(8-5-2,9-6-3)10-12(14)11-18(15,16)17/h12,14H,4-11H2,1-3H3. The number of rotatable bonds is 10. The highest BCUT2D eigenvalue weighted by Gasteiger charge is 2.28. The Morgan fingerprint density at radius 3 is 1.72 bits per heavy atom. The minimum Gasteiger partial charge on any atom is -0.748 e. The molecule has 0 aliphatic heterocycles. The molecule has 0 aliphatic rings. The third-order valence-corrected chi connectivity index (χ3v) is 3.88. The third kappa shape index (κ3) is 7.31. The molecule has 0 radical (unpaired) electrons. The summed E-state index contributed by atoms with van der Waals surface area (Å²) in [5.74, 6) is -0.676. The van der Waals surface area contributed by atoms with Crippen LogP contribution in [0.3, 0.4) is 0 Å². The van der Waals surface area contributed by atoms with E-state index in [-0.39, 0.29) is 0 Å². The van der Waals surface area contributed by atoms with E-state index in [0.717, 1.165) is 38.9 Å². The highest BCUT2D eigenvalue weighted by atomic mass is 32.2. The Morgan fingerprint density at radius 2 is 1.44 bits per heavy atom. The Morgan fingerprint density at radius 1 is 1.06 bits per heavy atom. The Kier molecular flexibility index (Phi) is 8.02. The summed E-state index contributed by atoms with van der Waals surface area (Å²) >= 11 is 0. The Hall–Kier alpha value is -0.170. The van der Waals surface area contributed by atoms with Crippen molar-refractivity contribution in [2.24, 2.45) is 0 Å². The van der Waals surface area contributed by atoms with Gasteiger partial charge in [-0.25, -0.2) is 8.42 Å². The van der Waals surface area contributed by atoms with Crippen LogP contribution in [-0.2, 0) is 10.1 Å². The van der Waals surface area contributed by atoms with E-state index in [1.807, 2.05) is 0 Å². The monoisotopic (exact) mass is 281 g/mol. The second-order valence-corrected chi connectivity index (χ2v) is 6.52. The van der Waals surface area contributed by atoms with Gasteiger partial charge >= 0.3 is 0 Å². The summed E-state index contributed by atoms with van der Waals surface area (Å²) in [6.45, 7) is 9.34. The largest absolute Gasteiger partial charge is 0.748 e. The molecule has 5 nitrogen and oxygen atoms in total. The van der Waals surface area contributed by atoms with Gasteiger partial charge in [0.15, 0.2) is 0 Å². The fourth-order valence-corrected chi connectivity index (χ4v) is 3.34. The van der Waals surface area contributed by atoms with Crippen LogP contribution in [0.15, 0.2) is 0 Å². The zero-order valence-electron chi connectivity index (χ0n) is 11.8. The summed E-state index contributed by atoms with van der Waals surface area (Å²) in [5, 5.41) is 9.81. The maximum absolute atomic E-state index is 10.7. The van der Waals surface area contributed by atoms with Crippen molar-refractivity contribution in [1.82, 2.24) is 0 Å². The molecule has 110 valence electrons. The Labute approximate surface area is 111 Å². The van der Waals surface area contributed by atoms with Gasteiger partial charge in [-0.2, -0.15) is 0 Å². The summed E-state index contributed by atoms with van der Waals surface area (Å²) in [7, 11) is -4.35. The van der Waals surface area contributed by atoms with E-state index in [9.17, 15) is 18.1 Å². The van der Waals surface area contributed by atoms with Gasteiger partial charge in [-0.05, 0) is 19.3 Å². The van der Waals surface area contributed by atoms with Crippen molar-refractivity contribution in [1.29, 1.82) is 0 Å². The van der Waals surface area contributed by atoms with Crippen molar-refractivity contribution >= 4 is 10.1 Å². The van der Waals surface area contributed by atoms with Crippen molar-refractivity contribution in [3.05, 3.63) is 0 Å². The molecule has 0 bridgehead atoms. The van der Waals surface area contributed by atoms with Gasteiger partial charge in [-0.3, -0.25) is 0 Å². The van der Waals surface area contributed by atoms with Crippen LogP contribution < -0.4 is 0 Å². The molecule has 1 atom stereocenters. The first-order valence-corrected chi connectivity index (χ1v) is 8.33. The average molecular weight is 281 g/mol. The molecular formula is C12H27NO4S. The van der Waals surface area contributed by atoms with Crippen molar-refractivity contribution in [3.8, 4) is 0 Å². The quantitative estimate of drug-likeness (QED) is 0.477. The minimum atomic E-state index is -4.35. The molecule has 0 saturated heterocycles. The van der Waals surface area contributed by atoms with Crippen molar-refractivity contribution in [3.63, 3.8) is 0 Å². The Bertz CT molecular complexity index is 299. The molecule has 0 heterocycles. The molecule has 0 rings (SSSR count). The maximum atomic E-state index is 10.7. The lowest BCUT2D eigenvalue weighted by Crippen LogP contribution is -2.54. The van der Waals surface area contributed by atoms with E-state index >= 15 is 0 Å². The number of hydrogen-bond acceptors (Lipinski definition) is 4. The van der Waals surface area contributed by atoms with Crippen LogP contribution in [0.25, 0.3) is 0 Å². The molecule has 0 aliphatic carbocycles. The zero-order valence-corrected chi connectivity index (χ0v) is 12.6. The Balaban J connectivity index is 4.73. The second-order valence-electron chi connectivity index (χ2n) is 5.07. The lowest BCUT2D eigenvalue weighted by Gasteiger charge is -2.40. The van der Waals surface area contributed by atoms with Crippen LogP contribution in [0.4, 0.5) is 0 Å². The van der Waals surface area contributed by atoms with Crippen LogP contribution in [-0.4, -0.2) is 60.6 Å². The van der Waals surface area contributed by atoms with Crippen LogP contribution in [0, 0.1) is 0 Å². The predicted octanol–water partition coefficient (Wildman–Crippen LogP) is 0.939. The zero-order chi connectivity index (χ0) is 14.2. The molecule has 1 N–H and O–H groups in total. The molecule has 1 unspecified atom stereocenters. The lowest BCUT2D eigenvalue weighted by molar-refractivity contribution is -0.930. The SMILES string of the molecule is CCC[N+](CCC)(CCC)CC(O)CS(=O)(=O)[O-]. The van der Waals surface area contributed by atoms with E-state index < -0.39 is 22.0 Å². The van der Waals surface area contributed by atoms with E-state index in [0.29, 0.717) is 11.0 Å². The van der Waals surface area contributed by atoms with Crippen molar-refractivity contribution < 1.29 is 22.6 Å². The fourth-order valence-electron chi connectivity index (χ4n) is 2.77. The summed E-state index contributed by atoms with van der Waals surface area (Å²) < 4.78 is 32.7. The van der Waals surface area contributed by atoms with Crippen LogP contribution in [0.5, 0.6) is 0 Å². The van der Waals surface area contributed by atoms with Crippen LogP contribution >= 0.6 is 0 Å². The van der Waals surface area contributed by atoms with Crippen LogP contribution in [0.2, 0.25) is 0 Å². The molecule has 0 amide bonds. The second kappa shape index (κ2) is 8.09. The summed E-state index contributed by atoms with van der Waals surface area (Å²) in [4.78, 5) is 0. The first-order valence-electron chi connectivity index (χ1n) is 6.75. The van der Waals surface area contributed by atoms with Crippen molar-refractivity contribution in [2.45, 2.75) is 46.1 Å². The van der Waals surface area contributed by atoms with Gasteiger partial charge in [0.05, 0.1) is 35.5 Å². The summed E-state index contributed by atoms with van der Waals surface area (Å²) in [6, 6.07) is 0. The third-order valence-electron chi connectivity index (χ3n) is 3.09. The topological polar surface area (TPSA) is 77.4 Å². The fraction of sp³-hybridized carbons (Fsp3) is 1.00. The summed E-state index contributed by atoms with van der Waals surface area (Å²) in [5.41, 5.74) is 0. The molecule has 18 heavy (non-hydrogen) atoms. The molecule has 0 aromatic heterocycles. The normalized spacial score (nSPS) is 14.7. The number of aliphatic hydroxyl groups excluding tert-OH is 1. The molecule has 6 heteroatoms. The minimum absolute atomic E-state index is 0.358. The molecule has 0 saturated carbocycles. The van der Waals surface area contributed by atoms with Gasteiger partial charge in [-0.15, -0.1) is 0 Å². The smallest absolute Gasteiger partial charge is 0.116 e. The van der Waals surface area contributed by atoms with Gasteiger partial charge < -0.3 is 14.1 Å². The van der Waals surface area contributed by atoms with E-state index in [1.165, 1.54) is 0 Å². The number of hydrogen-bond donors (Lipinski definition) is 1. The van der Waals surface area contributed by atoms with Gasteiger partial charge in [0, 0.05) is 0 Å². The first kappa shape index (κ1) is 17.8. The molecule has 0 fully saturated rings.